The van der Waals surface area contributed by atoms with Crippen molar-refractivity contribution in [3.05, 3.63) is 0 Å². The molecule has 5 aliphatic carbocycles. The number of rotatable bonds is 12. The van der Waals surface area contributed by atoms with Crippen molar-refractivity contribution in [1.29, 1.82) is 0 Å². The van der Waals surface area contributed by atoms with E-state index in [1.807, 2.05) is 0 Å². The summed E-state index contributed by atoms with van der Waals surface area (Å²) in [7, 11) is 0. The van der Waals surface area contributed by atoms with E-state index in [1.165, 1.54) is 41.5 Å². The molecule has 2 spiro atoms. The molecule has 0 aromatic heterocycles. The van der Waals surface area contributed by atoms with Crippen molar-refractivity contribution < 1.29 is 71.4 Å². The maximum Gasteiger partial charge on any atom is 0.303 e. The van der Waals surface area contributed by atoms with Crippen LogP contribution in [-0.4, -0.2) is 104 Å². The predicted molar refractivity (Wildman–Crippen MR) is 223 cm³/mol. The molecule has 7 rings (SSSR count). The van der Waals surface area contributed by atoms with Crippen molar-refractivity contribution in [1.82, 2.24) is 0 Å². The van der Waals surface area contributed by atoms with Crippen LogP contribution in [0.3, 0.4) is 0 Å². The monoisotopic (exact) mass is 888 g/mol. The Labute approximate surface area is 372 Å². The molecule has 7 aliphatic rings. The third kappa shape index (κ3) is 8.20. The molecule has 63 heavy (non-hydrogen) atoms. The van der Waals surface area contributed by atoms with Crippen molar-refractivity contribution in [3.8, 4) is 0 Å². The first kappa shape index (κ1) is 47.7. The minimum atomic E-state index is -1.37. The Bertz CT molecular complexity index is 1830. The van der Waals surface area contributed by atoms with E-state index in [4.69, 9.17) is 42.6 Å². The third-order valence-corrected chi connectivity index (χ3v) is 17.7. The molecule has 0 radical (unpaired) electrons. The summed E-state index contributed by atoms with van der Waals surface area (Å²) in [5.74, 6) is -2.61. The van der Waals surface area contributed by atoms with E-state index in [0.717, 1.165) is 57.8 Å². The molecular formula is C48H72O15. The van der Waals surface area contributed by atoms with Gasteiger partial charge in [0.1, 0.15) is 24.9 Å². The molecule has 0 N–H and O–H groups in total. The number of ether oxygens (including phenoxy) is 9. The number of hydrogen-bond acceptors (Lipinski definition) is 15. The summed E-state index contributed by atoms with van der Waals surface area (Å²) >= 11 is 0. The Hall–Kier alpha value is -3.30. The Morgan fingerprint density at radius 1 is 0.619 bits per heavy atom. The molecule has 0 aromatic rings. The van der Waals surface area contributed by atoms with Crippen LogP contribution in [0.5, 0.6) is 0 Å². The molecule has 5 saturated carbocycles. The van der Waals surface area contributed by atoms with Gasteiger partial charge in [-0.3, -0.25) is 28.8 Å². The molecule has 2 heterocycles. The van der Waals surface area contributed by atoms with Gasteiger partial charge in [-0.2, -0.15) is 0 Å². The van der Waals surface area contributed by atoms with Gasteiger partial charge in [-0.1, -0.05) is 27.7 Å². The van der Waals surface area contributed by atoms with Gasteiger partial charge in [-0.25, -0.2) is 0 Å². The first-order valence-electron chi connectivity index (χ1n) is 23.3. The van der Waals surface area contributed by atoms with Crippen LogP contribution in [0.15, 0.2) is 0 Å². The molecule has 7 fully saturated rings. The minimum absolute atomic E-state index is 0.0205. The molecule has 2 aliphatic heterocycles. The fourth-order valence-corrected chi connectivity index (χ4v) is 15.3. The number of carbonyl (C=O) groups is 6. The molecule has 17 atom stereocenters. The average Bonchev–Trinajstić information content (AvgIpc) is 3.59. The van der Waals surface area contributed by atoms with Gasteiger partial charge in [0, 0.05) is 52.9 Å². The maximum atomic E-state index is 12.8. The zero-order valence-corrected chi connectivity index (χ0v) is 39.5. The zero-order chi connectivity index (χ0) is 46.2. The highest BCUT2D eigenvalue weighted by Crippen LogP contribution is 2.89. The van der Waals surface area contributed by atoms with Crippen molar-refractivity contribution in [2.75, 3.05) is 13.2 Å². The van der Waals surface area contributed by atoms with E-state index in [1.54, 1.807) is 0 Å². The third-order valence-electron chi connectivity index (χ3n) is 17.7. The van der Waals surface area contributed by atoms with Crippen LogP contribution in [0.1, 0.15) is 147 Å². The smallest absolute Gasteiger partial charge is 0.303 e. The molecular weight excluding hydrogens is 817 g/mol. The van der Waals surface area contributed by atoms with Gasteiger partial charge in [-0.15, -0.1) is 0 Å². The highest BCUT2D eigenvalue weighted by Gasteiger charge is 2.84. The molecule has 15 nitrogen and oxygen atoms in total. The van der Waals surface area contributed by atoms with Crippen molar-refractivity contribution in [2.45, 2.75) is 202 Å². The Balaban J connectivity index is 1.20. The van der Waals surface area contributed by atoms with E-state index in [2.05, 4.69) is 41.5 Å². The van der Waals surface area contributed by atoms with E-state index < -0.39 is 72.1 Å². The van der Waals surface area contributed by atoms with Gasteiger partial charge >= 0.3 is 35.8 Å². The van der Waals surface area contributed by atoms with Crippen LogP contribution < -0.4 is 0 Å². The topological polar surface area (TPSA) is 185 Å². The summed E-state index contributed by atoms with van der Waals surface area (Å²) in [6.45, 7) is 21.1. The highest BCUT2D eigenvalue weighted by atomic mass is 16.7. The lowest BCUT2D eigenvalue weighted by atomic mass is 9.41. The summed E-state index contributed by atoms with van der Waals surface area (Å²) in [6.07, 6.45) is 2.02. The minimum Gasteiger partial charge on any atom is -0.463 e. The largest absolute Gasteiger partial charge is 0.463 e. The lowest BCUT2D eigenvalue weighted by Gasteiger charge is -2.63. The van der Waals surface area contributed by atoms with Gasteiger partial charge in [-0.05, 0) is 117 Å². The van der Waals surface area contributed by atoms with Gasteiger partial charge < -0.3 is 42.6 Å². The Kier molecular flexibility index (Phi) is 12.7. The molecule has 354 valence electrons. The van der Waals surface area contributed by atoms with Crippen LogP contribution in [0.25, 0.3) is 0 Å². The fraction of sp³-hybridized carbons (Fsp3) is 0.875. The molecule has 0 bridgehead atoms. The summed E-state index contributed by atoms with van der Waals surface area (Å²) in [4.78, 5) is 75.1. The quantitative estimate of drug-likeness (QED) is 0.151. The van der Waals surface area contributed by atoms with E-state index >= 15 is 0 Å². The maximum absolute atomic E-state index is 12.8. The van der Waals surface area contributed by atoms with Crippen LogP contribution in [0.2, 0.25) is 0 Å². The second kappa shape index (κ2) is 16.8. The van der Waals surface area contributed by atoms with Gasteiger partial charge in [0.25, 0.3) is 0 Å². The lowest BCUT2D eigenvalue weighted by Crippen LogP contribution is -2.64. The van der Waals surface area contributed by atoms with Gasteiger partial charge in [0.2, 0.25) is 0 Å². The summed E-state index contributed by atoms with van der Waals surface area (Å²) in [5, 5.41) is 0. The Morgan fingerprint density at radius 2 is 1.21 bits per heavy atom. The van der Waals surface area contributed by atoms with E-state index in [0.29, 0.717) is 12.3 Å². The molecule has 15 heteroatoms. The van der Waals surface area contributed by atoms with Crippen molar-refractivity contribution in [2.24, 2.45) is 50.7 Å². The molecule has 0 amide bonds. The fourth-order valence-electron chi connectivity index (χ4n) is 15.3. The highest BCUT2D eigenvalue weighted by molar-refractivity contribution is 5.69. The molecule has 0 aromatic carbocycles. The average molecular weight is 889 g/mol. The number of esters is 6. The first-order valence-corrected chi connectivity index (χ1v) is 23.3. The molecule has 2 saturated heterocycles. The van der Waals surface area contributed by atoms with Crippen LogP contribution in [0.4, 0.5) is 0 Å². The van der Waals surface area contributed by atoms with E-state index in [9.17, 15) is 28.8 Å². The number of carbonyl (C=O) groups excluding carboxylic acids is 6. The van der Waals surface area contributed by atoms with Gasteiger partial charge in [0.15, 0.2) is 24.6 Å². The summed E-state index contributed by atoms with van der Waals surface area (Å²) < 4.78 is 54.6. The van der Waals surface area contributed by atoms with Crippen LogP contribution >= 0.6 is 0 Å². The van der Waals surface area contributed by atoms with Crippen LogP contribution in [0, 0.1) is 50.7 Å². The standard InChI is InChI=1S/C48H72O15/c1-25(32-15-17-43(8,9)63-32)38-33(57-27(3)50)21-46(12)36-14-13-35-44(10,37(58-28(4)51)16-18-47(35)23-48(36,47)20-19-45(38,46)11)24-56-42-41(61-31(7)54)40(60-30(6)53)39(59-29(5)52)34(62-42)22-55-26(2)49/h25,32-42H,13-24H2,1-12H3/t25-,32+,33+,34-,35+,36+,37+,38+,39-,40+,41-,42-,44+,45-,46+,47-,48+/m1/s1. The Morgan fingerprint density at radius 3 is 1.79 bits per heavy atom. The SMILES string of the molecule is CC(=O)OC[C@H]1O[C@@H](OC[C@]2(C)[C@@H](OC(C)=O)CC[C@]34C[C@]35CC[C@]3(C)[C@@H]([C@H](C)[C@@H]6CCC(C)(C)O6)[C@@H](OC(C)=O)C[C@@]3(C)[C@@H]5CC[C@@H]24)[C@H](OC(C)=O)[C@@H](OC(C)=O)[C@@H]1OC(C)=O. The van der Waals surface area contributed by atoms with Crippen LogP contribution in [-0.2, 0) is 71.4 Å². The van der Waals surface area contributed by atoms with E-state index in [-0.39, 0.29) is 76.4 Å². The number of hydrogen-bond donors (Lipinski definition) is 0. The lowest BCUT2D eigenvalue weighted by molar-refractivity contribution is -0.318. The van der Waals surface area contributed by atoms with Crippen molar-refractivity contribution in [3.63, 3.8) is 0 Å². The second-order valence-corrected chi connectivity index (χ2v) is 21.7. The first-order chi connectivity index (χ1) is 29.3. The normalized spacial score (nSPS) is 44.9. The van der Waals surface area contributed by atoms with Gasteiger partial charge in [0.05, 0.1) is 18.3 Å². The van der Waals surface area contributed by atoms with Crippen molar-refractivity contribution >= 4 is 35.8 Å². The number of fused-ring (bicyclic) bond motifs is 2. The second-order valence-electron chi connectivity index (χ2n) is 21.7. The molecule has 0 unspecified atom stereocenters. The zero-order valence-electron chi connectivity index (χ0n) is 39.5. The predicted octanol–water partition coefficient (Wildman–Crippen LogP) is 6.57. The summed E-state index contributed by atoms with van der Waals surface area (Å²) in [6, 6.07) is 0. The summed E-state index contributed by atoms with van der Waals surface area (Å²) in [5.41, 5.74) is -1.14.